The van der Waals surface area contributed by atoms with Gasteiger partial charge < -0.3 is 10.2 Å². The normalized spacial score (nSPS) is 12.0. The van der Waals surface area contributed by atoms with Crippen LogP contribution >= 0.6 is 0 Å². The average Bonchev–Trinajstić information content (AvgIpc) is 3.50. The van der Waals surface area contributed by atoms with E-state index >= 15 is 0 Å². The molecule has 0 aliphatic rings. The van der Waals surface area contributed by atoms with Crippen LogP contribution in [0, 0.1) is 6.92 Å². The van der Waals surface area contributed by atoms with Gasteiger partial charge in [-0.05, 0) is 59.9 Å². The first-order chi connectivity index (χ1) is 18.2. The molecule has 6 rings (SSSR count). The Labute approximate surface area is 219 Å². The lowest BCUT2D eigenvalue weighted by molar-refractivity contribution is 0.454. The topological polar surface area (TPSA) is 102 Å². The Kier molecular flexibility index (Phi) is 5.41. The summed E-state index contributed by atoms with van der Waals surface area (Å²) in [6, 6.07) is 22.9. The van der Waals surface area contributed by atoms with Crippen LogP contribution in [0.3, 0.4) is 0 Å². The van der Waals surface area contributed by atoms with Gasteiger partial charge in [-0.25, -0.2) is 0 Å². The van der Waals surface area contributed by atoms with Gasteiger partial charge in [0.25, 0.3) is 0 Å². The standard InChI is InChI=1S/C30H28N6O2/c1-18-13-19(28(37)26(14-18)35-31-22-9-5-6-10-23(22)32-35)15-20-16-21(30(2,3)4)17-27(29(20)38)36-33-24-11-7-8-12-25(24)34-36/h5-14,16-17,37-38H,15H2,1-4H3. The summed E-state index contributed by atoms with van der Waals surface area (Å²) in [6.45, 7) is 8.33. The smallest absolute Gasteiger partial charge is 0.146 e. The summed E-state index contributed by atoms with van der Waals surface area (Å²) < 4.78 is 0. The molecule has 38 heavy (non-hydrogen) atoms. The summed E-state index contributed by atoms with van der Waals surface area (Å²) in [5.41, 5.74) is 7.07. The van der Waals surface area contributed by atoms with E-state index in [1.54, 1.807) is 0 Å². The first-order valence-electron chi connectivity index (χ1n) is 12.5. The third kappa shape index (κ3) is 4.14. The molecule has 0 amide bonds. The fourth-order valence-electron chi connectivity index (χ4n) is 4.66. The minimum Gasteiger partial charge on any atom is -0.505 e. The molecule has 0 saturated heterocycles. The van der Waals surface area contributed by atoms with Crippen LogP contribution in [0.4, 0.5) is 0 Å². The van der Waals surface area contributed by atoms with E-state index in [4.69, 9.17) is 0 Å². The SMILES string of the molecule is Cc1cc(Cc2cc(C(C)(C)C)cc(-n3nc4ccccc4n3)c2O)c(O)c(-n2nc3ccccc3n2)c1. The van der Waals surface area contributed by atoms with E-state index in [-0.39, 0.29) is 16.9 Å². The van der Waals surface area contributed by atoms with Gasteiger partial charge in [-0.15, -0.1) is 30.0 Å². The van der Waals surface area contributed by atoms with Crippen molar-refractivity contribution in [3.05, 3.63) is 95.1 Å². The minimum absolute atomic E-state index is 0.0703. The Morgan fingerprint density at radius 3 is 1.50 bits per heavy atom. The summed E-state index contributed by atoms with van der Waals surface area (Å²) >= 11 is 0. The quantitative estimate of drug-likeness (QED) is 0.316. The lowest BCUT2D eigenvalue weighted by Gasteiger charge is -2.22. The Bertz CT molecular complexity index is 1760. The second kappa shape index (κ2) is 8.69. The molecule has 8 nitrogen and oxygen atoms in total. The average molecular weight is 505 g/mol. The van der Waals surface area contributed by atoms with Crippen LogP contribution in [0.15, 0.2) is 72.8 Å². The minimum atomic E-state index is -0.192. The van der Waals surface area contributed by atoms with Gasteiger partial charge in [0.05, 0.1) is 0 Å². The molecule has 2 aromatic heterocycles. The monoisotopic (exact) mass is 504 g/mol. The van der Waals surface area contributed by atoms with E-state index in [1.807, 2.05) is 79.7 Å². The first-order valence-corrected chi connectivity index (χ1v) is 12.5. The summed E-state index contributed by atoms with van der Waals surface area (Å²) in [5, 5.41) is 41.1. The van der Waals surface area contributed by atoms with Crippen molar-refractivity contribution >= 4 is 22.1 Å². The summed E-state index contributed by atoms with van der Waals surface area (Å²) in [5.74, 6) is 0.143. The highest BCUT2D eigenvalue weighted by Gasteiger charge is 2.23. The highest BCUT2D eigenvalue weighted by atomic mass is 16.3. The van der Waals surface area contributed by atoms with E-state index in [9.17, 15) is 10.2 Å². The molecule has 2 N–H and O–H groups in total. The van der Waals surface area contributed by atoms with Crippen LogP contribution in [-0.2, 0) is 11.8 Å². The number of phenols is 2. The van der Waals surface area contributed by atoms with Crippen molar-refractivity contribution in [2.75, 3.05) is 0 Å². The molecular formula is C30H28N6O2. The lowest BCUT2D eigenvalue weighted by atomic mass is 9.84. The van der Waals surface area contributed by atoms with Gasteiger partial charge in [0, 0.05) is 17.5 Å². The third-order valence-corrected chi connectivity index (χ3v) is 6.73. The third-order valence-electron chi connectivity index (χ3n) is 6.73. The lowest BCUT2D eigenvalue weighted by Crippen LogP contribution is -2.14. The van der Waals surface area contributed by atoms with Crippen LogP contribution in [0.25, 0.3) is 33.4 Å². The molecular weight excluding hydrogens is 476 g/mol. The van der Waals surface area contributed by atoms with Crippen LogP contribution in [0.2, 0.25) is 0 Å². The molecule has 2 heterocycles. The van der Waals surface area contributed by atoms with Crippen molar-refractivity contribution in [1.82, 2.24) is 30.0 Å². The molecule has 0 unspecified atom stereocenters. The zero-order valence-corrected chi connectivity index (χ0v) is 21.7. The molecule has 0 spiro atoms. The summed E-state index contributed by atoms with van der Waals surface area (Å²) in [6.07, 6.45) is 0.296. The van der Waals surface area contributed by atoms with E-state index in [0.717, 1.165) is 33.2 Å². The maximum Gasteiger partial charge on any atom is 0.146 e. The van der Waals surface area contributed by atoms with Gasteiger partial charge in [0.1, 0.15) is 44.9 Å². The molecule has 4 aromatic carbocycles. The van der Waals surface area contributed by atoms with Crippen LogP contribution < -0.4 is 0 Å². The van der Waals surface area contributed by atoms with Gasteiger partial charge in [0.2, 0.25) is 0 Å². The Morgan fingerprint density at radius 1 is 0.632 bits per heavy atom. The number of phenolic OH excluding ortho intramolecular Hbond substituents is 2. The van der Waals surface area contributed by atoms with Crippen molar-refractivity contribution in [2.45, 2.75) is 39.5 Å². The van der Waals surface area contributed by atoms with Gasteiger partial charge >= 0.3 is 0 Å². The maximum atomic E-state index is 11.4. The Balaban J connectivity index is 1.48. The van der Waals surface area contributed by atoms with E-state index in [2.05, 4.69) is 41.2 Å². The molecule has 8 heteroatoms. The second-order valence-electron chi connectivity index (χ2n) is 10.7. The summed E-state index contributed by atoms with van der Waals surface area (Å²) in [7, 11) is 0. The zero-order chi connectivity index (χ0) is 26.6. The number of nitrogens with zero attached hydrogens (tertiary/aromatic N) is 6. The van der Waals surface area contributed by atoms with Crippen molar-refractivity contribution in [3.63, 3.8) is 0 Å². The fourth-order valence-corrected chi connectivity index (χ4v) is 4.66. The van der Waals surface area contributed by atoms with Crippen molar-refractivity contribution in [2.24, 2.45) is 0 Å². The van der Waals surface area contributed by atoms with E-state index in [1.165, 1.54) is 9.59 Å². The first kappa shape index (κ1) is 23.7. The number of benzene rings is 4. The highest BCUT2D eigenvalue weighted by Crippen LogP contribution is 2.37. The van der Waals surface area contributed by atoms with Crippen molar-refractivity contribution < 1.29 is 10.2 Å². The maximum absolute atomic E-state index is 11.4. The predicted molar refractivity (Wildman–Crippen MR) is 147 cm³/mol. The number of aromatic hydroxyl groups is 2. The van der Waals surface area contributed by atoms with E-state index < -0.39 is 0 Å². The van der Waals surface area contributed by atoms with E-state index in [0.29, 0.717) is 28.9 Å². The molecule has 0 bridgehead atoms. The zero-order valence-electron chi connectivity index (χ0n) is 21.7. The Hall–Kier alpha value is -4.72. The number of fused-ring (bicyclic) bond motifs is 2. The van der Waals surface area contributed by atoms with Gasteiger partial charge in [-0.2, -0.15) is 0 Å². The van der Waals surface area contributed by atoms with Crippen LogP contribution in [0.5, 0.6) is 11.5 Å². The van der Waals surface area contributed by atoms with Crippen LogP contribution in [-0.4, -0.2) is 40.2 Å². The molecule has 0 aliphatic heterocycles. The largest absolute Gasteiger partial charge is 0.505 e. The molecule has 6 aromatic rings. The highest BCUT2D eigenvalue weighted by molar-refractivity contribution is 5.74. The Morgan fingerprint density at radius 2 is 1.05 bits per heavy atom. The van der Waals surface area contributed by atoms with Gasteiger partial charge in [-0.1, -0.05) is 57.2 Å². The molecule has 0 fully saturated rings. The number of rotatable bonds is 4. The molecule has 0 radical (unpaired) electrons. The van der Waals surface area contributed by atoms with Crippen molar-refractivity contribution in [1.29, 1.82) is 0 Å². The van der Waals surface area contributed by atoms with Crippen molar-refractivity contribution in [3.8, 4) is 22.9 Å². The fraction of sp³-hybridized carbons (Fsp3) is 0.200. The molecule has 190 valence electrons. The predicted octanol–water partition coefficient (Wildman–Crippen LogP) is 5.76. The summed E-state index contributed by atoms with van der Waals surface area (Å²) in [4.78, 5) is 2.95. The number of hydrogen-bond donors (Lipinski definition) is 2. The molecule has 0 saturated carbocycles. The number of aromatic nitrogens is 6. The second-order valence-corrected chi connectivity index (χ2v) is 10.7. The molecule has 0 atom stereocenters. The number of hydrogen-bond acceptors (Lipinski definition) is 6. The molecule has 0 aliphatic carbocycles. The van der Waals surface area contributed by atoms with Gasteiger partial charge in [-0.3, -0.25) is 0 Å². The van der Waals surface area contributed by atoms with Crippen LogP contribution in [0.1, 0.15) is 43.0 Å². The van der Waals surface area contributed by atoms with Gasteiger partial charge in [0.15, 0.2) is 0 Å². The number of aryl methyl sites for hydroxylation is 1.